The summed E-state index contributed by atoms with van der Waals surface area (Å²) < 4.78 is 39.4. The number of ether oxygens (including phenoxy) is 7. The Labute approximate surface area is 408 Å². The standard InChI is InChI=1S/C52H64N4O14/c1-7-17-69-51(62)53-44-28-46(35(4)25-42(44)49(60)55-30-34(3)24-39(55)32-57)67-19-10-9-11-20-68-48-29-45(54-52(63)70-18-8-2)43(27-47(48)64-6)50(61)56-31-38(26-40(56)33-58)37-12-14-41(15-13-37)66-23-22-65-21-16-36(5)59/h7-8,12-15,25,27-29,31,39-40,57-58H,1-3,9-11,16-24,26,30,32-33H2,4-6H3,(H,53,62)(H,54,63)/t39-,40-/m0/s1. The minimum atomic E-state index is -0.827. The quantitative estimate of drug-likeness (QED) is 0.0430. The summed E-state index contributed by atoms with van der Waals surface area (Å²) in [6.07, 6.45) is 5.98. The number of carbonyl (C=O) groups is 5. The smallest absolute Gasteiger partial charge is 0.411 e. The highest BCUT2D eigenvalue weighted by molar-refractivity contribution is 6.05. The number of ketones is 1. The van der Waals surface area contributed by atoms with Crippen LogP contribution in [-0.4, -0.2) is 135 Å². The Morgan fingerprint density at radius 3 is 1.94 bits per heavy atom. The highest BCUT2D eigenvalue weighted by Gasteiger charge is 2.34. The molecule has 70 heavy (non-hydrogen) atoms. The molecule has 376 valence electrons. The van der Waals surface area contributed by atoms with Crippen molar-refractivity contribution in [3.63, 3.8) is 0 Å². The van der Waals surface area contributed by atoms with Crippen LogP contribution in [0.25, 0.3) is 5.57 Å². The van der Waals surface area contributed by atoms with E-state index < -0.39 is 30.2 Å². The van der Waals surface area contributed by atoms with E-state index in [-0.39, 0.29) is 85.3 Å². The molecule has 18 nitrogen and oxygen atoms in total. The predicted molar refractivity (Wildman–Crippen MR) is 263 cm³/mol. The van der Waals surface area contributed by atoms with Crippen LogP contribution in [-0.2, 0) is 19.0 Å². The zero-order chi connectivity index (χ0) is 50.6. The van der Waals surface area contributed by atoms with Crippen molar-refractivity contribution < 1.29 is 67.3 Å². The van der Waals surface area contributed by atoms with Crippen LogP contribution in [0.3, 0.4) is 0 Å². The number of hydrogen-bond donors (Lipinski definition) is 4. The Balaban J connectivity index is 1.23. The number of unbranched alkanes of at least 4 members (excludes halogenated alkanes) is 2. The maximum atomic E-state index is 14.3. The molecule has 0 unspecified atom stereocenters. The number of nitrogens with one attached hydrogen (secondary N) is 2. The maximum Gasteiger partial charge on any atom is 0.411 e. The number of rotatable bonds is 27. The first kappa shape index (κ1) is 53.8. The van der Waals surface area contributed by atoms with Crippen molar-refractivity contribution in [1.82, 2.24) is 9.80 Å². The molecule has 0 aromatic heterocycles. The second-order valence-electron chi connectivity index (χ2n) is 16.6. The third kappa shape index (κ3) is 15.2. The van der Waals surface area contributed by atoms with Crippen LogP contribution >= 0.6 is 0 Å². The lowest BCUT2D eigenvalue weighted by atomic mass is 10.0. The average molecular weight is 969 g/mol. The molecule has 2 aliphatic heterocycles. The number of aryl methyl sites for hydroxylation is 1. The number of carbonyl (C=O) groups excluding carboxylic acids is 5. The van der Waals surface area contributed by atoms with Crippen LogP contribution in [0.5, 0.6) is 23.0 Å². The summed E-state index contributed by atoms with van der Waals surface area (Å²) >= 11 is 0. The predicted octanol–water partition coefficient (Wildman–Crippen LogP) is 7.49. The van der Waals surface area contributed by atoms with Crippen molar-refractivity contribution in [3.05, 3.63) is 114 Å². The summed E-state index contributed by atoms with van der Waals surface area (Å²) in [7, 11) is 1.43. The van der Waals surface area contributed by atoms with Crippen molar-refractivity contribution in [2.45, 2.75) is 64.5 Å². The minimum absolute atomic E-state index is 0.0319. The zero-order valence-electron chi connectivity index (χ0n) is 40.1. The summed E-state index contributed by atoms with van der Waals surface area (Å²) in [6, 6.07) is 12.5. The molecule has 2 aliphatic rings. The first-order chi connectivity index (χ1) is 33.8. The Morgan fingerprint density at radius 1 is 0.729 bits per heavy atom. The minimum Gasteiger partial charge on any atom is -0.493 e. The van der Waals surface area contributed by atoms with E-state index in [1.807, 2.05) is 12.1 Å². The van der Waals surface area contributed by atoms with Gasteiger partial charge in [-0.2, -0.15) is 0 Å². The van der Waals surface area contributed by atoms with Crippen LogP contribution in [0.1, 0.15) is 77.3 Å². The van der Waals surface area contributed by atoms with Gasteiger partial charge in [-0.1, -0.05) is 49.6 Å². The largest absolute Gasteiger partial charge is 0.493 e. The van der Waals surface area contributed by atoms with E-state index in [2.05, 4.69) is 30.4 Å². The van der Waals surface area contributed by atoms with Gasteiger partial charge in [0.05, 0.1) is 81.3 Å². The molecule has 0 bridgehead atoms. The Morgan fingerprint density at radius 2 is 1.34 bits per heavy atom. The number of anilines is 2. The molecular weight excluding hydrogens is 905 g/mol. The molecule has 3 aromatic rings. The van der Waals surface area contributed by atoms with Gasteiger partial charge in [0.25, 0.3) is 11.8 Å². The van der Waals surface area contributed by atoms with Crippen molar-refractivity contribution in [2.75, 3.05) is 83.8 Å². The number of likely N-dealkylation sites (tertiary alicyclic amines) is 1. The van der Waals surface area contributed by atoms with Gasteiger partial charge < -0.3 is 53.2 Å². The van der Waals surface area contributed by atoms with Crippen molar-refractivity contribution in [3.8, 4) is 23.0 Å². The van der Waals surface area contributed by atoms with Crippen molar-refractivity contribution in [2.24, 2.45) is 0 Å². The molecule has 4 N–H and O–H groups in total. The molecule has 4 amide bonds. The molecule has 0 saturated carbocycles. The number of benzene rings is 3. The topological polar surface area (TPSA) is 221 Å². The van der Waals surface area contributed by atoms with E-state index in [1.165, 1.54) is 48.1 Å². The first-order valence-electron chi connectivity index (χ1n) is 23.0. The van der Waals surface area contributed by atoms with Gasteiger partial charge in [-0.15, -0.1) is 0 Å². The van der Waals surface area contributed by atoms with Gasteiger partial charge >= 0.3 is 12.2 Å². The van der Waals surface area contributed by atoms with Gasteiger partial charge in [0.1, 0.15) is 37.1 Å². The summed E-state index contributed by atoms with van der Waals surface area (Å²) in [6.45, 7) is 15.6. The van der Waals surface area contributed by atoms with Crippen LogP contribution in [0, 0.1) is 6.92 Å². The van der Waals surface area contributed by atoms with Gasteiger partial charge in [0.2, 0.25) is 0 Å². The molecule has 0 aliphatic carbocycles. The summed E-state index contributed by atoms with van der Waals surface area (Å²) in [5.74, 6) is 0.741. The van der Waals surface area contributed by atoms with Gasteiger partial charge in [0.15, 0.2) is 11.5 Å². The first-order valence-corrected chi connectivity index (χ1v) is 23.0. The molecule has 2 heterocycles. The Kier molecular flexibility index (Phi) is 20.9. The third-order valence-electron chi connectivity index (χ3n) is 11.3. The van der Waals surface area contributed by atoms with E-state index in [9.17, 15) is 34.2 Å². The second-order valence-corrected chi connectivity index (χ2v) is 16.6. The van der Waals surface area contributed by atoms with Crippen LogP contribution in [0.4, 0.5) is 21.0 Å². The van der Waals surface area contributed by atoms with Gasteiger partial charge in [-0.25, -0.2) is 9.59 Å². The summed E-state index contributed by atoms with van der Waals surface area (Å²) in [4.78, 5) is 67.6. The zero-order valence-corrected chi connectivity index (χ0v) is 40.1. The van der Waals surface area contributed by atoms with E-state index in [1.54, 1.807) is 37.4 Å². The van der Waals surface area contributed by atoms with Crippen molar-refractivity contribution in [1.29, 1.82) is 0 Å². The molecule has 1 saturated heterocycles. The lowest BCUT2D eigenvalue weighted by Crippen LogP contribution is -2.38. The fourth-order valence-corrected chi connectivity index (χ4v) is 7.66. The fourth-order valence-electron chi connectivity index (χ4n) is 7.66. The second kappa shape index (κ2) is 27.1. The molecule has 0 spiro atoms. The molecular formula is C52H64N4O14. The number of Topliss-reactive ketones (excluding diaryl/α,β-unsaturated/α-hetero) is 1. The lowest BCUT2D eigenvalue weighted by molar-refractivity contribution is -0.118. The monoisotopic (exact) mass is 968 g/mol. The fraction of sp³-hybridized carbons (Fsp3) is 0.404. The molecule has 0 radical (unpaired) electrons. The van der Waals surface area contributed by atoms with E-state index in [4.69, 9.17) is 33.2 Å². The maximum absolute atomic E-state index is 14.3. The highest BCUT2D eigenvalue weighted by atomic mass is 16.6. The van der Waals surface area contributed by atoms with Gasteiger partial charge in [-0.3, -0.25) is 25.0 Å². The number of aliphatic hydroxyl groups is 2. The number of hydrogen-bond acceptors (Lipinski definition) is 14. The summed E-state index contributed by atoms with van der Waals surface area (Å²) in [5.41, 5.74) is 3.67. The third-order valence-corrected chi connectivity index (χ3v) is 11.3. The van der Waals surface area contributed by atoms with E-state index in [0.29, 0.717) is 82.0 Å². The van der Waals surface area contributed by atoms with Crippen LogP contribution in [0.15, 0.2) is 92.2 Å². The normalized spacial score (nSPS) is 15.2. The number of methoxy groups -OCH3 is 1. The molecule has 3 aromatic carbocycles. The summed E-state index contributed by atoms with van der Waals surface area (Å²) in [5, 5.41) is 25.6. The Bertz CT molecular complexity index is 2380. The SMILES string of the molecule is C=CCOC(=O)Nc1cc(OCCCCCOc2cc(NC(=O)OCC=C)c(C(=O)N3CC(=C)C[C@H]3CO)cc2C)c(OC)cc1C(=O)N1C=C(c2ccc(OCCOCCC(C)=O)cc2)C[C@H]1CO. The van der Waals surface area contributed by atoms with Crippen LogP contribution < -0.4 is 29.6 Å². The number of nitrogens with zero attached hydrogens (tertiary/aromatic N) is 2. The average Bonchev–Trinajstić information content (AvgIpc) is 3.97. The lowest BCUT2D eigenvalue weighted by Gasteiger charge is -2.24. The van der Waals surface area contributed by atoms with Gasteiger partial charge in [0, 0.05) is 31.3 Å². The van der Waals surface area contributed by atoms with E-state index >= 15 is 0 Å². The highest BCUT2D eigenvalue weighted by Crippen LogP contribution is 2.38. The van der Waals surface area contributed by atoms with E-state index in [0.717, 1.165) is 16.7 Å². The molecule has 18 heteroatoms. The number of aliphatic hydroxyl groups excluding tert-OH is 2. The van der Waals surface area contributed by atoms with Crippen molar-refractivity contribution >= 4 is 46.7 Å². The molecule has 1 fully saturated rings. The number of amides is 4. The molecule has 5 rings (SSSR count). The van der Waals surface area contributed by atoms with Crippen LogP contribution in [0.2, 0.25) is 0 Å². The molecule has 2 atom stereocenters. The van der Waals surface area contributed by atoms with Gasteiger partial charge in [-0.05, 0) is 86.9 Å². The Hall–Kier alpha value is -7.15.